The van der Waals surface area contributed by atoms with Gasteiger partial charge in [-0.1, -0.05) is 6.42 Å². The molecule has 1 saturated heterocycles. The fourth-order valence-electron chi connectivity index (χ4n) is 2.63. The fraction of sp³-hybridized carbons (Fsp3) is 1.00. The first-order chi connectivity index (χ1) is 6.18. The number of rotatable bonds is 3. The molecule has 1 atom stereocenters. The Morgan fingerprint density at radius 2 is 1.71 bits per heavy atom. The average molecular weight is 220 g/mol. The maximum absolute atomic E-state index is 5.32. The van der Waals surface area contributed by atoms with Crippen molar-refractivity contribution in [3.05, 3.63) is 0 Å². The highest BCUT2D eigenvalue weighted by Crippen LogP contribution is 2.27. The molecule has 1 unspecified atom stereocenters. The van der Waals surface area contributed by atoms with Gasteiger partial charge in [0.25, 0.3) is 0 Å². The molecule has 1 heterocycles. The molecule has 0 radical (unpaired) electrons. The molecule has 0 spiro atoms. The lowest BCUT2D eigenvalue weighted by atomic mass is 9.93. The third-order valence-electron chi connectivity index (χ3n) is 3.64. The number of likely N-dealkylation sites (N-methyl/N-ethyl adjacent to an activating group) is 1. The lowest BCUT2D eigenvalue weighted by Crippen LogP contribution is -3.00. The average Bonchev–Trinajstić information content (AvgIpc) is 2.89. The molecule has 2 fully saturated rings. The van der Waals surface area contributed by atoms with Gasteiger partial charge in [0.15, 0.2) is 0 Å². The van der Waals surface area contributed by atoms with Crippen LogP contribution in [0, 0.1) is 0 Å². The molecule has 1 aliphatic carbocycles. The molecule has 0 N–H and O–H groups in total. The van der Waals surface area contributed by atoms with Crippen molar-refractivity contribution in [2.24, 2.45) is 0 Å². The van der Waals surface area contributed by atoms with Gasteiger partial charge in [-0.3, -0.25) is 0 Å². The Kier molecular flexibility index (Phi) is 4.23. The maximum Gasteiger partial charge on any atom is 0.130 e. The van der Waals surface area contributed by atoms with Crippen LogP contribution < -0.4 is 12.4 Å². The van der Waals surface area contributed by atoms with Crippen molar-refractivity contribution in [1.82, 2.24) is 0 Å². The summed E-state index contributed by atoms with van der Waals surface area (Å²) in [5.41, 5.74) is 0. The summed E-state index contributed by atoms with van der Waals surface area (Å²) in [7, 11) is 4.75. The van der Waals surface area contributed by atoms with E-state index < -0.39 is 0 Å². The minimum atomic E-state index is 0. The number of ether oxygens (including phenoxy) is 1. The topological polar surface area (TPSA) is 12.5 Å². The summed E-state index contributed by atoms with van der Waals surface area (Å²) >= 11 is 0. The zero-order chi connectivity index (χ0) is 9.31. The number of epoxide rings is 1. The lowest BCUT2D eigenvalue weighted by Gasteiger charge is -2.39. The Bertz CT molecular complexity index is 174. The highest BCUT2D eigenvalue weighted by atomic mass is 35.5. The molecule has 1 saturated carbocycles. The number of hydrogen-bond donors (Lipinski definition) is 0. The van der Waals surface area contributed by atoms with Crippen molar-refractivity contribution >= 4 is 0 Å². The zero-order valence-corrected chi connectivity index (χ0v) is 10.1. The summed E-state index contributed by atoms with van der Waals surface area (Å²) < 4.78 is 6.50. The van der Waals surface area contributed by atoms with Crippen LogP contribution in [-0.2, 0) is 4.74 Å². The molecule has 0 aromatic carbocycles. The van der Waals surface area contributed by atoms with Crippen molar-refractivity contribution in [2.75, 3.05) is 27.2 Å². The van der Waals surface area contributed by atoms with E-state index in [2.05, 4.69) is 14.1 Å². The molecule has 0 aromatic heterocycles. The van der Waals surface area contributed by atoms with Gasteiger partial charge in [0, 0.05) is 0 Å². The third kappa shape index (κ3) is 3.11. The second-order valence-corrected chi connectivity index (χ2v) is 5.21. The molecule has 2 aliphatic rings. The van der Waals surface area contributed by atoms with E-state index >= 15 is 0 Å². The van der Waals surface area contributed by atoms with Crippen molar-refractivity contribution in [1.29, 1.82) is 0 Å². The first kappa shape index (κ1) is 12.3. The van der Waals surface area contributed by atoms with E-state index in [-0.39, 0.29) is 12.4 Å². The number of quaternary nitrogens is 1. The standard InChI is InChI=1S/C11H22NO.ClH/c1-12(2,8-11-9-13-11)10-6-4-3-5-7-10;/h10-11H,3-9H2,1-2H3;1H/q+1;/p-1. The third-order valence-corrected chi connectivity index (χ3v) is 3.64. The van der Waals surface area contributed by atoms with Crippen LogP contribution in [-0.4, -0.2) is 43.9 Å². The first-order valence-corrected chi connectivity index (χ1v) is 5.63. The van der Waals surface area contributed by atoms with Crippen molar-refractivity contribution in [3.8, 4) is 0 Å². The molecule has 0 bridgehead atoms. The Morgan fingerprint density at radius 3 is 2.21 bits per heavy atom. The molecule has 84 valence electrons. The second kappa shape index (κ2) is 4.82. The normalized spacial score (nSPS) is 28.3. The molecular formula is C11H22ClNO. The van der Waals surface area contributed by atoms with Gasteiger partial charge in [0.1, 0.15) is 12.6 Å². The van der Waals surface area contributed by atoms with E-state index in [1.165, 1.54) is 43.1 Å². The van der Waals surface area contributed by atoms with Crippen LogP contribution in [0.3, 0.4) is 0 Å². The van der Waals surface area contributed by atoms with E-state index in [4.69, 9.17) is 4.74 Å². The monoisotopic (exact) mass is 219 g/mol. The Labute approximate surface area is 93.6 Å². The van der Waals surface area contributed by atoms with E-state index in [9.17, 15) is 0 Å². The van der Waals surface area contributed by atoms with E-state index in [0.717, 1.165) is 12.6 Å². The predicted octanol–water partition coefficient (Wildman–Crippen LogP) is -1.20. The van der Waals surface area contributed by atoms with E-state index in [0.29, 0.717) is 6.10 Å². The maximum atomic E-state index is 5.32. The van der Waals surface area contributed by atoms with Gasteiger partial charge >= 0.3 is 0 Å². The SMILES string of the molecule is C[N+](C)(CC1CO1)C1CCCCC1.[Cl-]. The number of halogens is 1. The highest BCUT2D eigenvalue weighted by molar-refractivity contribution is 4.72. The summed E-state index contributed by atoms with van der Waals surface area (Å²) in [6, 6.07) is 0.901. The van der Waals surface area contributed by atoms with Crippen LogP contribution in [0.5, 0.6) is 0 Å². The van der Waals surface area contributed by atoms with Gasteiger partial charge in [-0.15, -0.1) is 0 Å². The van der Waals surface area contributed by atoms with Gasteiger partial charge in [-0.25, -0.2) is 0 Å². The van der Waals surface area contributed by atoms with Crippen molar-refractivity contribution in [2.45, 2.75) is 44.2 Å². The van der Waals surface area contributed by atoms with Crippen LogP contribution >= 0.6 is 0 Å². The fourth-order valence-corrected chi connectivity index (χ4v) is 2.63. The van der Waals surface area contributed by atoms with Crippen LogP contribution in [0.2, 0.25) is 0 Å². The zero-order valence-electron chi connectivity index (χ0n) is 9.34. The van der Waals surface area contributed by atoms with Gasteiger partial charge < -0.3 is 21.6 Å². The molecule has 0 amide bonds. The summed E-state index contributed by atoms with van der Waals surface area (Å²) in [6.07, 6.45) is 7.78. The number of hydrogen-bond acceptors (Lipinski definition) is 1. The molecular weight excluding hydrogens is 198 g/mol. The molecule has 0 aromatic rings. The minimum absolute atomic E-state index is 0. The largest absolute Gasteiger partial charge is 1.00 e. The Balaban J connectivity index is 0.000000980. The van der Waals surface area contributed by atoms with Gasteiger partial charge in [-0.05, 0) is 25.7 Å². The smallest absolute Gasteiger partial charge is 0.130 e. The van der Waals surface area contributed by atoms with Crippen LogP contribution in [0.25, 0.3) is 0 Å². The lowest BCUT2D eigenvalue weighted by molar-refractivity contribution is -0.916. The summed E-state index contributed by atoms with van der Waals surface area (Å²) in [6.45, 7) is 2.24. The van der Waals surface area contributed by atoms with Crippen LogP contribution in [0.1, 0.15) is 32.1 Å². The first-order valence-electron chi connectivity index (χ1n) is 5.63. The molecule has 2 rings (SSSR count). The Morgan fingerprint density at radius 1 is 1.14 bits per heavy atom. The molecule has 2 nitrogen and oxygen atoms in total. The predicted molar refractivity (Wildman–Crippen MR) is 53.6 cm³/mol. The number of nitrogens with zero attached hydrogens (tertiary/aromatic N) is 1. The molecule has 1 aliphatic heterocycles. The van der Waals surface area contributed by atoms with Crippen LogP contribution in [0.4, 0.5) is 0 Å². The summed E-state index contributed by atoms with van der Waals surface area (Å²) in [5, 5.41) is 0. The summed E-state index contributed by atoms with van der Waals surface area (Å²) in [4.78, 5) is 0. The van der Waals surface area contributed by atoms with E-state index in [1.54, 1.807) is 0 Å². The quantitative estimate of drug-likeness (QED) is 0.429. The van der Waals surface area contributed by atoms with Gasteiger partial charge in [-0.2, -0.15) is 0 Å². The summed E-state index contributed by atoms with van der Waals surface area (Å²) in [5.74, 6) is 0. The van der Waals surface area contributed by atoms with Crippen LogP contribution in [0.15, 0.2) is 0 Å². The molecule has 3 heteroatoms. The second-order valence-electron chi connectivity index (χ2n) is 5.21. The van der Waals surface area contributed by atoms with Crippen molar-refractivity contribution < 1.29 is 21.6 Å². The Hall–Kier alpha value is 0.210. The highest BCUT2D eigenvalue weighted by Gasteiger charge is 2.36. The minimum Gasteiger partial charge on any atom is -1.00 e. The molecule has 14 heavy (non-hydrogen) atoms. The van der Waals surface area contributed by atoms with Gasteiger partial charge in [0.2, 0.25) is 0 Å². The van der Waals surface area contributed by atoms with Gasteiger partial charge in [0.05, 0.1) is 26.7 Å². The van der Waals surface area contributed by atoms with E-state index in [1.807, 2.05) is 0 Å². The van der Waals surface area contributed by atoms with Crippen molar-refractivity contribution in [3.63, 3.8) is 0 Å².